The third-order valence-electron chi connectivity index (χ3n) is 6.52. The highest BCUT2D eigenvalue weighted by Gasteiger charge is 2.37. The van der Waals surface area contributed by atoms with Crippen LogP contribution in [-0.2, 0) is 10.3 Å². The van der Waals surface area contributed by atoms with Crippen molar-refractivity contribution in [2.24, 2.45) is 0 Å². The van der Waals surface area contributed by atoms with E-state index in [1.807, 2.05) is 13.0 Å². The number of hydrogen-bond donors (Lipinski definition) is 2. The molecule has 0 radical (unpaired) electrons. The lowest BCUT2D eigenvalue weighted by Crippen LogP contribution is -2.49. The van der Waals surface area contributed by atoms with Crippen molar-refractivity contribution in [3.8, 4) is 0 Å². The molecular weight excluding hydrogens is 430 g/mol. The number of rotatable bonds is 8. The number of urea groups is 1. The van der Waals surface area contributed by atoms with Crippen molar-refractivity contribution in [1.29, 1.82) is 0 Å². The van der Waals surface area contributed by atoms with Crippen LogP contribution in [0.3, 0.4) is 0 Å². The van der Waals surface area contributed by atoms with Crippen molar-refractivity contribution in [3.05, 3.63) is 48.3 Å². The molecule has 1 atom stereocenters. The molecule has 3 rings (SSSR count). The number of amides is 3. The zero-order valence-corrected chi connectivity index (χ0v) is 20.8. The Morgan fingerprint density at radius 2 is 1.82 bits per heavy atom. The van der Waals surface area contributed by atoms with Crippen molar-refractivity contribution in [2.45, 2.75) is 38.1 Å². The topological polar surface area (TPSA) is 93.7 Å². The molecule has 184 valence electrons. The number of nitrogens with one attached hydrogen (secondary N) is 2. The second-order valence-electron chi connectivity index (χ2n) is 8.87. The highest BCUT2D eigenvalue weighted by molar-refractivity contribution is 5.94. The van der Waals surface area contributed by atoms with Crippen molar-refractivity contribution in [1.82, 2.24) is 25.1 Å². The first kappa shape index (κ1) is 25.4. The Morgan fingerprint density at radius 3 is 2.44 bits per heavy atom. The molecule has 2 N–H and O–H groups in total. The van der Waals surface area contributed by atoms with Crippen LogP contribution >= 0.6 is 0 Å². The number of benzene rings is 1. The standard InChI is InChI=1S/C25H37N7O2/c1-5-14-27-22(33)19-31-16-13-25(30(3)4,20-10-7-6-8-11-20)12-9-15-32(24(31)34)21-17-28-23(26-2)29-18-21/h6-8,10-11,17-18H,5,9,12-16,19H2,1-4H3,(H,27,33)(H,26,28,29)/t25-/m0/s1. The van der Waals surface area contributed by atoms with Gasteiger partial charge in [-0.15, -0.1) is 0 Å². The Balaban J connectivity index is 1.95. The molecule has 9 nitrogen and oxygen atoms in total. The van der Waals surface area contributed by atoms with Crippen LogP contribution in [0.5, 0.6) is 0 Å². The number of aromatic nitrogens is 2. The quantitative estimate of drug-likeness (QED) is 0.620. The van der Waals surface area contributed by atoms with Gasteiger partial charge < -0.3 is 15.5 Å². The smallest absolute Gasteiger partial charge is 0.325 e. The van der Waals surface area contributed by atoms with Crippen LogP contribution in [0, 0.1) is 0 Å². The van der Waals surface area contributed by atoms with Crippen LogP contribution in [0.25, 0.3) is 0 Å². The molecule has 0 unspecified atom stereocenters. The summed E-state index contributed by atoms with van der Waals surface area (Å²) in [5.74, 6) is 0.346. The number of anilines is 2. The van der Waals surface area contributed by atoms with Gasteiger partial charge in [-0.3, -0.25) is 14.6 Å². The lowest BCUT2D eigenvalue weighted by molar-refractivity contribution is -0.121. The molecule has 9 heteroatoms. The fourth-order valence-electron chi connectivity index (χ4n) is 4.55. The van der Waals surface area contributed by atoms with E-state index in [0.29, 0.717) is 31.3 Å². The Hall–Kier alpha value is -3.20. The predicted octanol–water partition coefficient (Wildman–Crippen LogP) is 2.91. The molecule has 2 aromatic rings. The van der Waals surface area contributed by atoms with Crippen molar-refractivity contribution < 1.29 is 9.59 Å². The maximum absolute atomic E-state index is 13.7. The molecule has 1 fully saturated rings. The largest absolute Gasteiger partial charge is 0.357 e. The second-order valence-corrected chi connectivity index (χ2v) is 8.87. The molecule has 2 heterocycles. The Labute approximate surface area is 202 Å². The summed E-state index contributed by atoms with van der Waals surface area (Å²) in [4.78, 5) is 40.5. The molecule has 1 aliphatic rings. The third-order valence-corrected chi connectivity index (χ3v) is 6.52. The fourth-order valence-corrected chi connectivity index (χ4v) is 4.55. The van der Waals surface area contributed by atoms with E-state index < -0.39 is 0 Å². The van der Waals surface area contributed by atoms with E-state index in [-0.39, 0.29) is 24.0 Å². The van der Waals surface area contributed by atoms with Gasteiger partial charge in [0.2, 0.25) is 11.9 Å². The Kier molecular flexibility index (Phi) is 8.81. The van der Waals surface area contributed by atoms with Gasteiger partial charge >= 0.3 is 6.03 Å². The maximum Gasteiger partial charge on any atom is 0.325 e. The van der Waals surface area contributed by atoms with Crippen LogP contribution in [0.2, 0.25) is 0 Å². The van der Waals surface area contributed by atoms with Gasteiger partial charge in [-0.1, -0.05) is 37.3 Å². The molecule has 0 aliphatic carbocycles. The molecule has 1 aromatic heterocycles. The summed E-state index contributed by atoms with van der Waals surface area (Å²) in [5, 5.41) is 5.80. The average molecular weight is 468 g/mol. The number of hydrogen-bond acceptors (Lipinski definition) is 6. The zero-order chi connectivity index (χ0) is 24.6. The SMILES string of the molecule is CCCNC(=O)CN1CC[C@@](c2ccccc2)(N(C)C)CCCN(c2cnc(NC)nc2)C1=O. The summed E-state index contributed by atoms with van der Waals surface area (Å²) in [6, 6.07) is 10.2. The first-order valence-electron chi connectivity index (χ1n) is 12.0. The summed E-state index contributed by atoms with van der Waals surface area (Å²) in [7, 11) is 5.93. The molecule has 34 heavy (non-hydrogen) atoms. The van der Waals surface area contributed by atoms with Gasteiger partial charge in [-0.05, 0) is 45.3 Å². The molecule has 1 saturated heterocycles. The fraction of sp³-hybridized carbons (Fsp3) is 0.520. The number of carbonyl (C=O) groups excluding carboxylic acids is 2. The Morgan fingerprint density at radius 1 is 1.12 bits per heavy atom. The molecule has 1 aromatic carbocycles. The van der Waals surface area contributed by atoms with Crippen LogP contribution in [0.4, 0.5) is 16.4 Å². The zero-order valence-electron chi connectivity index (χ0n) is 20.8. The highest BCUT2D eigenvalue weighted by atomic mass is 16.2. The maximum atomic E-state index is 13.7. The van der Waals surface area contributed by atoms with Crippen LogP contribution in [0.15, 0.2) is 42.7 Å². The lowest BCUT2D eigenvalue weighted by Gasteiger charge is -2.41. The first-order valence-corrected chi connectivity index (χ1v) is 12.0. The minimum Gasteiger partial charge on any atom is -0.357 e. The predicted molar refractivity (Wildman–Crippen MR) is 135 cm³/mol. The average Bonchev–Trinajstić information content (AvgIpc) is 2.92. The third kappa shape index (κ3) is 5.83. The summed E-state index contributed by atoms with van der Waals surface area (Å²) >= 11 is 0. The monoisotopic (exact) mass is 467 g/mol. The van der Waals surface area contributed by atoms with E-state index in [4.69, 9.17) is 0 Å². The molecule has 3 amide bonds. The minimum atomic E-state index is -0.248. The van der Waals surface area contributed by atoms with Gasteiger partial charge in [-0.25, -0.2) is 14.8 Å². The summed E-state index contributed by atoms with van der Waals surface area (Å²) in [5.41, 5.74) is 1.60. The van der Waals surface area contributed by atoms with Gasteiger partial charge in [0.1, 0.15) is 6.54 Å². The second kappa shape index (κ2) is 11.8. The summed E-state index contributed by atoms with van der Waals surface area (Å²) < 4.78 is 0. The van der Waals surface area contributed by atoms with Crippen molar-refractivity contribution in [2.75, 3.05) is 57.5 Å². The van der Waals surface area contributed by atoms with Crippen LogP contribution in [0.1, 0.15) is 38.2 Å². The minimum absolute atomic E-state index is 0.0170. The molecule has 0 bridgehead atoms. The van der Waals surface area contributed by atoms with Gasteiger partial charge in [-0.2, -0.15) is 0 Å². The van der Waals surface area contributed by atoms with Crippen molar-refractivity contribution >= 4 is 23.6 Å². The molecule has 0 saturated carbocycles. The van der Waals surface area contributed by atoms with Gasteiger partial charge in [0.05, 0.1) is 18.1 Å². The Bertz CT molecular complexity index is 936. The molecular formula is C25H37N7O2. The van der Waals surface area contributed by atoms with E-state index in [1.54, 1.807) is 29.2 Å². The first-order chi connectivity index (χ1) is 16.4. The van der Waals surface area contributed by atoms with Gasteiger partial charge in [0, 0.05) is 32.2 Å². The highest BCUT2D eigenvalue weighted by Crippen LogP contribution is 2.37. The van der Waals surface area contributed by atoms with Crippen LogP contribution < -0.4 is 15.5 Å². The molecule has 0 spiro atoms. The number of carbonyl (C=O) groups is 2. The van der Waals surface area contributed by atoms with E-state index >= 15 is 0 Å². The van der Waals surface area contributed by atoms with E-state index in [0.717, 1.165) is 25.7 Å². The van der Waals surface area contributed by atoms with E-state index in [2.05, 4.69) is 63.9 Å². The van der Waals surface area contributed by atoms with E-state index in [9.17, 15) is 9.59 Å². The van der Waals surface area contributed by atoms with Crippen molar-refractivity contribution in [3.63, 3.8) is 0 Å². The van der Waals surface area contributed by atoms with Gasteiger partial charge in [0.15, 0.2) is 0 Å². The number of nitrogens with zero attached hydrogens (tertiary/aromatic N) is 5. The van der Waals surface area contributed by atoms with Crippen LogP contribution in [-0.4, -0.2) is 79.0 Å². The lowest BCUT2D eigenvalue weighted by atomic mass is 9.81. The summed E-state index contributed by atoms with van der Waals surface area (Å²) in [6.45, 7) is 3.58. The summed E-state index contributed by atoms with van der Waals surface area (Å²) in [6.07, 6.45) is 6.54. The van der Waals surface area contributed by atoms with E-state index in [1.165, 1.54) is 5.56 Å². The normalized spacial score (nSPS) is 19.4. The van der Waals surface area contributed by atoms with Gasteiger partial charge in [0.25, 0.3) is 0 Å². The molecule has 1 aliphatic heterocycles.